The number of piperidine rings is 1. The molecule has 18 heavy (non-hydrogen) atoms. The summed E-state index contributed by atoms with van der Waals surface area (Å²) in [5.74, 6) is -0.233. The average Bonchev–Trinajstić information content (AvgIpc) is 2.32. The van der Waals surface area contributed by atoms with E-state index in [4.69, 9.17) is 5.11 Å². The molecule has 2 rings (SSSR count). The Labute approximate surface area is 108 Å². The van der Waals surface area contributed by atoms with E-state index >= 15 is 0 Å². The Morgan fingerprint density at radius 1 is 1.50 bits per heavy atom. The van der Waals surface area contributed by atoms with Gasteiger partial charge in [-0.2, -0.15) is 0 Å². The highest BCUT2D eigenvalue weighted by Crippen LogP contribution is 2.18. The van der Waals surface area contributed by atoms with Crippen molar-refractivity contribution in [2.45, 2.75) is 25.9 Å². The van der Waals surface area contributed by atoms with Gasteiger partial charge in [0.25, 0.3) is 0 Å². The van der Waals surface area contributed by atoms with Crippen molar-refractivity contribution in [1.29, 1.82) is 0 Å². The van der Waals surface area contributed by atoms with Gasteiger partial charge >= 0.3 is 0 Å². The molecule has 1 aliphatic rings. The van der Waals surface area contributed by atoms with Crippen molar-refractivity contribution in [3.63, 3.8) is 0 Å². The van der Waals surface area contributed by atoms with E-state index in [1.165, 1.54) is 12.1 Å². The van der Waals surface area contributed by atoms with E-state index in [-0.39, 0.29) is 5.75 Å². The monoisotopic (exact) mass is 252 g/mol. The molecule has 2 unspecified atom stereocenters. The average molecular weight is 252 g/mol. The fourth-order valence-electron chi connectivity index (χ4n) is 2.57. The van der Waals surface area contributed by atoms with Crippen LogP contribution in [-0.4, -0.2) is 36.2 Å². The number of phenols is 1. The Kier molecular flexibility index (Phi) is 4.19. The van der Waals surface area contributed by atoms with Crippen LogP contribution in [0.25, 0.3) is 0 Å². The van der Waals surface area contributed by atoms with Gasteiger partial charge in [0, 0.05) is 19.1 Å². The number of rotatable bonds is 3. The van der Waals surface area contributed by atoms with Gasteiger partial charge in [-0.3, -0.25) is 0 Å². The predicted octanol–water partition coefficient (Wildman–Crippen LogP) is 1.96. The fraction of sp³-hybridized carbons (Fsp3) is 0.571. The third-order valence-electron chi connectivity index (χ3n) is 3.69. The highest BCUT2D eigenvalue weighted by atomic mass is 19.1. The molecular formula is C14H21FN2O. The minimum atomic E-state index is -0.550. The topological polar surface area (TPSA) is 35.5 Å². The molecule has 0 saturated carbocycles. The van der Waals surface area contributed by atoms with E-state index in [0.717, 1.165) is 25.1 Å². The van der Waals surface area contributed by atoms with Crippen LogP contribution >= 0.6 is 0 Å². The number of likely N-dealkylation sites (tertiary alicyclic amines) is 1. The third kappa shape index (κ3) is 3.21. The molecule has 0 spiro atoms. The quantitative estimate of drug-likeness (QED) is 0.863. The predicted molar refractivity (Wildman–Crippen MR) is 70.0 cm³/mol. The molecule has 1 aromatic rings. The Balaban J connectivity index is 1.89. The molecule has 2 N–H and O–H groups in total. The molecule has 2 atom stereocenters. The summed E-state index contributed by atoms with van der Waals surface area (Å²) in [6.07, 6.45) is 1.12. The normalized spacial score (nSPS) is 25.3. The number of nitrogens with zero attached hydrogens (tertiary/aromatic N) is 1. The number of aromatic hydroxyl groups is 1. The summed E-state index contributed by atoms with van der Waals surface area (Å²) in [6.45, 7) is 5.09. The summed E-state index contributed by atoms with van der Waals surface area (Å²) in [4.78, 5) is 2.34. The van der Waals surface area contributed by atoms with Crippen LogP contribution in [0.15, 0.2) is 18.2 Å². The number of benzene rings is 1. The highest BCUT2D eigenvalue weighted by molar-refractivity contribution is 5.27. The maximum absolute atomic E-state index is 13.2. The lowest BCUT2D eigenvalue weighted by atomic mass is 9.94. The molecular weight excluding hydrogens is 231 g/mol. The standard InChI is InChI=1S/C14H21FN2O/c1-10-9-17(2)6-5-13(10)16-8-11-3-4-14(18)12(15)7-11/h3-4,7,10,13,16,18H,5-6,8-9H2,1-2H3. The van der Waals surface area contributed by atoms with Crippen LogP contribution in [-0.2, 0) is 6.54 Å². The fourth-order valence-corrected chi connectivity index (χ4v) is 2.57. The van der Waals surface area contributed by atoms with Gasteiger partial charge in [-0.25, -0.2) is 4.39 Å². The van der Waals surface area contributed by atoms with Crippen LogP contribution in [0, 0.1) is 11.7 Å². The van der Waals surface area contributed by atoms with Crippen LogP contribution in [0.2, 0.25) is 0 Å². The molecule has 1 saturated heterocycles. The first-order valence-electron chi connectivity index (χ1n) is 6.45. The van der Waals surface area contributed by atoms with Crippen molar-refractivity contribution >= 4 is 0 Å². The Bertz CT molecular complexity index is 411. The molecule has 0 amide bonds. The van der Waals surface area contributed by atoms with Crippen molar-refractivity contribution in [3.8, 4) is 5.75 Å². The smallest absolute Gasteiger partial charge is 0.165 e. The maximum Gasteiger partial charge on any atom is 0.165 e. The van der Waals surface area contributed by atoms with Crippen LogP contribution in [0.3, 0.4) is 0 Å². The van der Waals surface area contributed by atoms with Crippen LogP contribution in [0.5, 0.6) is 5.75 Å². The van der Waals surface area contributed by atoms with Gasteiger partial charge in [0.15, 0.2) is 11.6 Å². The summed E-state index contributed by atoms with van der Waals surface area (Å²) in [6, 6.07) is 5.04. The second kappa shape index (κ2) is 5.67. The number of phenolic OH excluding ortho intramolecular Hbond substituents is 1. The van der Waals surface area contributed by atoms with E-state index in [2.05, 4.69) is 24.2 Å². The zero-order valence-corrected chi connectivity index (χ0v) is 11.0. The van der Waals surface area contributed by atoms with Gasteiger partial charge in [-0.1, -0.05) is 13.0 Å². The minimum absolute atomic E-state index is 0.286. The van der Waals surface area contributed by atoms with Crippen molar-refractivity contribution in [3.05, 3.63) is 29.6 Å². The lowest BCUT2D eigenvalue weighted by Gasteiger charge is -2.35. The number of hydrogen-bond donors (Lipinski definition) is 2. The van der Waals surface area contributed by atoms with Crippen molar-refractivity contribution in [2.24, 2.45) is 5.92 Å². The SMILES string of the molecule is CC1CN(C)CCC1NCc1ccc(O)c(F)c1. The summed E-state index contributed by atoms with van der Waals surface area (Å²) in [7, 11) is 2.14. The van der Waals surface area contributed by atoms with E-state index < -0.39 is 5.82 Å². The zero-order valence-electron chi connectivity index (χ0n) is 11.0. The molecule has 0 aromatic heterocycles. The summed E-state index contributed by atoms with van der Waals surface area (Å²) in [5, 5.41) is 12.6. The minimum Gasteiger partial charge on any atom is -0.505 e. The first-order chi connectivity index (χ1) is 8.56. The van der Waals surface area contributed by atoms with Crippen molar-refractivity contribution in [2.75, 3.05) is 20.1 Å². The molecule has 0 aliphatic carbocycles. The van der Waals surface area contributed by atoms with Gasteiger partial charge in [-0.15, -0.1) is 0 Å². The molecule has 1 aromatic carbocycles. The second-order valence-electron chi connectivity index (χ2n) is 5.30. The molecule has 1 heterocycles. The molecule has 0 radical (unpaired) electrons. The van der Waals surface area contributed by atoms with Gasteiger partial charge in [-0.05, 0) is 43.6 Å². The Hall–Kier alpha value is -1.13. The van der Waals surface area contributed by atoms with Gasteiger partial charge < -0.3 is 15.3 Å². The molecule has 0 bridgehead atoms. The van der Waals surface area contributed by atoms with Gasteiger partial charge in [0.05, 0.1) is 0 Å². The number of halogens is 1. The Morgan fingerprint density at radius 2 is 2.28 bits per heavy atom. The Morgan fingerprint density at radius 3 is 2.94 bits per heavy atom. The number of hydrogen-bond acceptors (Lipinski definition) is 3. The molecule has 3 nitrogen and oxygen atoms in total. The maximum atomic E-state index is 13.2. The lowest BCUT2D eigenvalue weighted by Crippen LogP contribution is -2.46. The van der Waals surface area contributed by atoms with E-state index in [1.54, 1.807) is 6.07 Å². The van der Waals surface area contributed by atoms with Crippen LogP contribution in [0.4, 0.5) is 4.39 Å². The van der Waals surface area contributed by atoms with Gasteiger partial charge in [0.1, 0.15) is 0 Å². The summed E-state index contributed by atoms with van der Waals surface area (Å²) in [5.41, 5.74) is 0.872. The van der Waals surface area contributed by atoms with E-state index in [9.17, 15) is 4.39 Å². The number of nitrogens with one attached hydrogen (secondary N) is 1. The second-order valence-corrected chi connectivity index (χ2v) is 5.30. The summed E-state index contributed by atoms with van der Waals surface area (Å²) >= 11 is 0. The first-order valence-corrected chi connectivity index (χ1v) is 6.45. The molecule has 100 valence electrons. The summed E-state index contributed by atoms with van der Waals surface area (Å²) < 4.78 is 13.2. The molecule has 4 heteroatoms. The molecule has 1 fully saturated rings. The van der Waals surface area contributed by atoms with E-state index in [0.29, 0.717) is 18.5 Å². The first kappa shape index (κ1) is 13.3. The highest BCUT2D eigenvalue weighted by Gasteiger charge is 2.23. The van der Waals surface area contributed by atoms with E-state index in [1.807, 2.05) is 0 Å². The third-order valence-corrected chi connectivity index (χ3v) is 3.69. The van der Waals surface area contributed by atoms with Crippen molar-refractivity contribution < 1.29 is 9.50 Å². The van der Waals surface area contributed by atoms with Crippen molar-refractivity contribution in [1.82, 2.24) is 10.2 Å². The van der Waals surface area contributed by atoms with Gasteiger partial charge in [0.2, 0.25) is 0 Å². The zero-order chi connectivity index (χ0) is 13.1. The molecule has 1 aliphatic heterocycles. The van der Waals surface area contributed by atoms with Crippen LogP contribution in [0.1, 0.15) is 18.9 Å². The largest absolute Gasteiger partial charge is 0.505 e. The van der Waals surface area contributed by atoms with Crippen LogP contribution < -0.4 is 5.32 Å². The lowest BCUT2D eigenvalue weighted by molar-refractivity contribution is 0.174.